The number of methoxy groups -OCH3 is 1. The van der Waals surface area contributed by atoms with Crippen LogP contribution in [0.15, 0.2) is 43.0 Å². The topological polar surface area (TPSA) is 120 Å². The number of nitrogens with zero attached hydrogens (tertiary/aromatic N) is 6. The van der Waals surface area contributed by atoms with Crippen LogP contribution in [0.4, 0.5) is 19.0 Å². The Morgan fingerprint density at radius 3 is 2.50 bits per heavy atom. The number of imidazole rings is 1. The van der Waals surface area contributed by atoms with Crippen LogP contribution >= 0.6 is 0 Å². The summed E-state index contributed by atoms with van der Waals surface area (Å²) < 4.78 is 46.0. The standard InChI is InChI=1S/C27H27F3N8O2/c1-31-20(39)10-18-12-33-24(21-22(16-8-9-16)34-14-35-26(21)40-3)37-23(18)32-11-15-4-6-17(7-5-15)25-36-19(13-38(25)2)27(28,29)30/h4-7,12-14,16H,8-11H2,1-3H3,(H,31,39)(H,32,33,37). The number of hydrogen-bond donors (Lipinski definition) is 2. The Morgan fingerprint density at radius 2 is 1.88 bits per heavy atom. The Labute approximate surface area is 228 Å². The van der Waals surface area contributed by atoms with Gasteiger partial charge in [0.25, 0.3) is 0 Å². The molecule has 0 aliphatic heterocycles. The Morgan fingerprint density at radius 1 is 1.12 bits per heavy atom. The van der Waals surface area contributed by atoms with Gasteiger partial charge in [0.1, 0.15) is 23.5 Å². The number of rotatable bonds is 9. The molecule has 0 bridgehead atoms. The molecule has 1 aliphatic rings. The van der Waals surface area contributed by atoms with E-state index in [1.54, 1.807) is 37.5 Å². The number of amides is 1. The van der Waals surface area contributed by atoms with Gasteiger partial charge in [-0.2, -0.15) is 13.2 Å². The van der Waals surface area contributed by atoms with Crippen LogP contribution < -0.4 is 15.4 Å². The van der Waals surface area contributed by atoms with Gasteiger partial charge in [-0.25, -0.2) is 24.9 Å². The van der Waals surface area contributed by atoms with Gasteiger partial charge in [-0.15, -0.1) is 0 Å². The highest BCUT2D eigenvalue weighted by Crippen LogP contribution is 2.45. The molecule has 4 aromatic rings. The van der Waals surface area contributed by atoms with Crippen LogP contribution in [-0.2, 0) is 31.0 Å². The van der Waals surface area contributed by atoms with E-state index in [9.17, 15) is 18.0 Å². The summed E-state index contributed by atoms with van der Waals surface area (Å²) in [5.41, 5.74) is 2.50. The second kappa shape index (κ2) is 10.9. The second-order valence-electron chi connectivity index (χ2n) is 9.44. The molecule has 1 fully saturated rings. The Balaban J connectivity index is 1.42. The third kappa shape index (κ3) is 5.72. The Hall–Kier alpha value is -4.55. The number of aryl methyl sites for hydroxylation is 1. The molecule has 1 amide bonds. The van der Waals surface area contributed by atoms with Crippen LogP contribution in [-0.4, -0.2) is 49.6 Å². The molecule has 1 saturated carbocycles. The normalized spacial score (nSPS) is 13.2. The predicted molar refractivity (Wildman–Crippen MR) is 140 cm³/mol. The van der Waals surface area contributed by atoms with Crippen LogP contribution in [0.5, 0.6) is 5.88 Å². The lowest BCUT2D eigenvalue weighted by Gasteiger charge is -2.15. The van der Waals surface area contributed by atoms with E-state index in [-0.39, 0.29) is 18.2 Å². The van der Waals surface area contributed by atoms with Gasteiger partial charge in [-0.1, -0.05) is 24.3 Å². The number of carbonyl (C=O) groups is 1. The molecule has 1 aliphatic carbocycles. The maximum absolute atomic E-state index is 13.1. The molecule has 5 rings (SSSR count). The zero-order chi connectivity index (χ0) is 28.4. The van der Waals surface area contributed by atoms with Crippen molar-refractivity contribution in [2.75, 3.05) is 19.5 Å². The molecular formula is C27H27F3N8O2. The fraction of sp³-hybridized carbons (Fsp3) is 0.333. The van der Waals surface area contributed by atoms with Gasteiger partial charge < -0.3 is 19.9 Å². The van der Waals surface area contributed by atoms with Crippen molar-refractivity contribution in [3.63, 3.8) is 0 Å². The first-order valence-corrected chi connectivity index (χ1v) is 12.6. The van der Waals surface area contributed by atoms with E-state index >= 15 is 0 Å². The molecule has 0 unspecified atom stereocenters. The van der Waals surface area contributed by atoms with Crippen molar-refractivity contribution in [3.05, 3.63) is 65.5 Å². The third-order valence-electron chi connectivity index (χ3n) is 6.56. The first kappa shape index (κ1) is 27.0. The summed E-state index contributed by atoms with van der Waals surface area (Å²) in [5, 5.41) is 5.89. The van der Waals surface area contributed by atoms with Crippen molar-refractivity contribution >= 4 is 11.7 Å². The number of alkyl halides is 3. The zero-order valence-corrected chi connectivity index (χ0v) is 22.1. The maximum Gasteiger partial charge on any atom is 0.434 e. The fourth-order valence-corrected chi connectivity index (χ4v) is 4.31. The number of benzene rings is 1. The van der Waals surface area contributed by atoms with Crippen molar-refractivity contribution in [2.24, 2.45) is 7.05 Å². The summed E-state index contributed by atoms with van der Waals surface area (Å²) >= 11 is 0. The molecule has 13 heteroatoms. The average molecular weight is 553 g/mol. The van der Waals surface area contributed by atoms with Crippen LogP contribution in [0.25, 0.3) is 22.8 Å². The molecule has 3 heterocycles. The van der Waals surface area contributed by atoms with Gasteiger partial charge in [0.05, 0.1) is 19.2 Å². The SMILES string of the molecule is CNC(=O)Cc1cnc(-c2c(OC)ncnc2C2CC2)nc1NCc1ccc(-c2nc(C(F)(F)F)cn2C)cc1. The molecule has 0 saturated heterocycles. The molecule has 208 valence electrons. The first-order chi connectivity index (χ1) is 19.2. The van der Waals surface area contributed by atoms with E-state index < -0.39 is 11.9 Å². The molecule has 3 aromatic heterocycles. The van der Waals surface area contributed by atoms with Crippen molar-refractivity contribution in [3.8, 4) is 28.7 Å². The quantitative estimate of drug-likeness (QED) is 0.318. The molecule has 1 aromatic carbocycles. The number of hydrogen-bond acceptors (Lipinski definition) is 8. The van der Waals surface area contributed by atoms with Crippen LogP contribution in [0.3, 0.4) is 0 Å². The smallest absolute Gasteiger partial charge is 0.434 e. The lowest BCUT2D eigenvalue weighted by molar-refractivity contribution is -0.140. The molecule has 0 spiro atoms. The summed E-state index contributed by atoms with van der Waals surface area (Å²) in [6, 6.07) is 7.02. The molecule has 0 atom stereocenters. The minimum absolute atomic E-state index is 0.0661. The molecule has 2 N–H and O–H groups in total. The molecule has 10 nitrogen and oxygen atoms in total. The third-order valence-corrected chi connectivity index (χ3v) is 6.56. The number of nitrogens with one attached hydrogen (secondary N) is 2. The van der Waals surface area contributed by atoms with E-state index in [1.165, 1.54) is 25.1 Å². The highest BCUT2D eigenvalue weighted by atomic mass is 19.4. The van der Waals surface area contributed by atoms with Crippen LogP contribution in [0, 0.1) is 0 Å². The largest absolute Gasteiger partial charge is 0.480 e. The summed E-state index contributed by atoms with van der Waals surface area (Å²) in [4.78, 5) is 33.9. The van der Waals surface area contributed by atoms with Gasteiger partial charge in [0.15, 0.2) is 11.5 Å². The van der Waals surface area contributed by atoms with Crippen molar-refractivity contribution in [2.45, 2.75) is 37.9 Å². The van der Waals surface area contributed by atoms with E-state index in [4.69, 9.17) is 9.72 Å². The summed E-state index contributed by atoms with van der Waals surface area (Å²) in [7, 11) is 4.61. The van der Waals surface area contributed by atoms with Gasteiger partial charge in [0, 0.05) is 50.1 Å². The highest BCUT2D eigenvalue weighted by molar-refractivity contribution is 5.80. The van der Waals surface area contributed by atoms with Crippen molar-refractivity contribution in [1.29, 1.82) is 0 Å². The lowest BCUT2D eigenvalue weighted by Crippen LogP contribution is -2.21. The summed E-state index contributed by atoms with van der Waals surface area (Å²) in [6.45, 7) is 0.337. The lowest BCUT2D eigenvalue weighted by atomic mass is 10.1. The maximum atomic E-state index is 13.1. The van der Waals surface area contributed by atoms with E-state index in [0.29, 0.717) is 46.7 Å². The van der Waals surface area contributed by atoms with Gasteiger partial charge >= 0.3 is 6.18 Å². The number of carbonyl (C=O) groups excluding carboxylic acids is 1. The number of likely N-dealkylation sites (N-methyl/N-ethyl adjacent to an activating group) is 1. The predicted octanol–water partition coefficient (Wildman–Crippen LogP) is 4.14. The van der Waals surface area contributed by atoms with E-state index in [0.717, 1.165) is 30.3 Å². The van der Waals surface area contributed by atoms with Gasteiger partial charge in [-0.05, 0) is 18.4 Å². The number of anilines is 1. The van der Waals surface area contributed by atoms with Gasteiger partial charge in [0.2, 0.25) is 11.8 Å². The highest BCUT2D eigenvalue weighted by Gasteiger charge is 2.34. The monoisotopic (exact) mass is 552 g/mol. The minimum atomic E-state index is -4.52. The zero-order valence-electron chi connectivity index (χ0n) is 22.1. The van der Waals surface area contributed by atoms with Crippen LogP contribution in [0.2, 0.25) is 0 Å². The van der Waals surface area contributed by atoms with Crippen molar-refractivity contribution < 1.29 is 22.7 Å². The second-order valence-corrected chi connectivity index (χ2v) is 9.44. The number of aromatic nitrogens is 6. The van der Waals surface area contributed by atoms with E-state index in [2.05, 4.69) is 30.6 Å². The average Bonchev–Trinajstić information content (AvgIpc) is 3.72. The van der Waals surface area contributed by atoms with Crippen LogP contribution in [0.1, 0.15) is 41.3 Å². The summed E-state index contributed by atoms with van der Waals surface area (Å²) in [6.07, 6.45) is 1.61. The molecule has 40 heavy (non-hydrogen) atoms. The van der Waals surface area contributed by atoms with Crippen molar-refractivity contribution in [1.82, 2.24) is 34.8 Å². The van der Waals surface area contributed by atoms with Gasteiger partial charge in [-0.3, -0.25) is 4.79 Å². The molecular weight excluding hydrogens is 525 g/mol. The Bertz CT molecular complexity index is 1530. The minimum Gasteiger partial charge on any atom is -0.480 e. The van der Waals surface area contributed by atoms with E-state index in [1.807, 2.05) is 0 Å². The Kier molecular flexibility index (Phi) is 7.37. The first-order valence-electron chi connectivity index (χ1n) is 12.6. The summed E-state index contributed by atoms with van der Waals surface area (Å²) in [5.74, 6) is 1.53. The molecule has 0 radical (unpaired) electrons. The fourth-order valence-electron chi connectivity index (χ4n) is 4.31. The number of halogens is 3. The number of ether oxygens (including phenoxy) is 1.